The van der Waals surface area contributed by atoms with Crippen molar-refractivity contribution >= 4 is 75.3 Å². The highest BCUT2D eigenvalue weighted by atomic mass is 32.2. The van der Waals surface area contributed by atoms with E-state index < -0.39 is 41.3 Å². The maximum Gasteiger partial charge on any atom is 0.384 e. The van der Waals surface area contributed by atoms with E-state index in [0.29, 0.717) is 10.7 Å². The maximum absolute atomic E-state index is 13.1. The number of carboxylic acid groups (broad SMARTS) is 2. The van der Waals surface area contributed by atoms with Gasteiger partial charge in [-0.05, 0) is 29.2 Å². The number of thiazole rings is 1. The minimum absolute atomic E-state index is 0.0187. The second kappa shape index (κ2) is 11.3. The predicted molar refractivity (Wildman–Crippen MR) is 141 cm³/mol. The molecule has 16 nitrogen and oxygen atoms in total. The number of nitrogen functional groups attached to an aromatic ring is 3. The summed E-state index contributed by atoms with van der Waals surface area (Å²) in [7, 11) is 0. The number of hydrogen-bond donors (Lipinski definition) is 6. The molecular formula is C20H22N9O7S3+. The van der Waals surface area contributed by atoms with E-state index in [1.165, 1.54) is 41.0 Å². The third-order valence-corrected chi connectivity index (χ3v) is 8.46. The topological polar surface area (TPSA) is 253 Å². The number of aromatic nitrogens is 3. The van der Waals surface area contributed by atoms with Crippen LogP contribution in [0.15, 0.2) is 39.2 Å². The smallest absolute Gasteiger partial charge is 0.384 e. The average molecular weight is 597 g/mol. The van der Waals surface area contributed by atoms with Crippen molar-refractivity contribution in [2.45, 2.75) is 29.6 Å². The molecule has 206 valence electrons. The van der Waals surface area contributed by atoms with Crippen molar-refractivity contribution in [2.24, 2.45) is 5.16 Å². The van der Waals surface area contributed by atoms with Crippen molar-refractivity contribution in [2.75, 3.05) is 28.8 Å². The van der Waals surface area contributed by atoms with E-state index >= 15 is 0 Å². The second-order valence-corrected chi connectivity index (χ2v) is 11.0. The zero-order valence-electron chi connectivity index (χ0n) is 20.0. The third kappa shape index (κ3) is 5.83. The van der Waals surface area contributed by atoms with Gasteiger partial charge in [-0.2, -0.15) is 0 Å². The quantitative estimate of drug-likeness (QED) is 0.0345. The van der Waals surface area contributed by atoms with Crippen molar-refractivity contribution in [1.29, 1.82) is 0 Å². The molecule has 0 spiro atoms. The van der Waals surface area contributed by atoms with Gasteiger partial charge in [0.15, 0.2) is 10.8 Å². The van der Waals surface area contributed by atoms with Crippen LogP contribution in [-0.2, 0) is 24.0 Å². The Labute approximate surface area is 232 Å². The van der Waals surface area contributed by atoms with Gasteiger partial charge >= 0.3 is 17.1 Å². The molecule has 2 aromatic heterocycles. The summed E-state index contributed by atoms with van der Waals surface area (Å²) in [5.74, 6) is 2.39. The summed E-state index contributed by atoms with van der Waals surface area (Å²) in [5.41, 5.74) is 11.2. The minimum Gasteiger partial charge on any atom is -0.478 e. The molecule has 4 rings (SSSR count). The van der Waals surface area contributed by atoms with Gasteiger partial charge in [-0.15, -0.1) is 27.8 Å². The highest BCUT2D eigenvalue weighted by Gasteiger charge is 2.54. The lowest BCUT2D eigenvalue weighted by atomic mass is 10.0. The van der Waals surface area contributed by atoms with Gasteiger partial charge in [-0.3, -0.25) is 20.3 Å². The molecule has 1 saturated heterocycles. The zero-order chi connectivity index (χ0) is 28.4. The number of nitrogens with two attached hydrogens (primary N) is 3. The zero-order valence-corrected chi connectivity index (χ0v) is 22.5. The number of amides is 2. The van der Waals surface area contributed by atoms with E-state index in [1.54, 1.807) is 0 Å². The van der Waals surface area contributed by atoms with Gasteiger partial charge in [0.1, 0.15) is 29.0 Å². The Balaban J connectivity index is 1.51. The van der Waals surface area contributed by atoms with Crippen molar-refractivity contribution in [3.05, 3.63) is 34.6 Å². The minimum atomic E-state index is -1.37. The lowest BCUT2D eigenvalue weighted by Crippen LogP contribution is -2.71. The van der Waals surface area contributed by atoms with Gasteiger partial charge in [0, 0.05) is 23.0 Å². The molecular weight excluding hydrogens is 574 g/mol. The first-order chi connectivity index (χ1) is 18.5. The van der Waals surface area contributed by atoms with Crippen LogP contribution in [0.1, 0.15) is 12.6 Å². The Morgan fingerprint density at radius 1 is 1.36 bits per heavy atom. The van der Waals surface area contributed by atoms with Crippen LogP contribution in [0.5, 0.6) is 0 Å². The van der Waals surface area contributed by atoms with Crippen LogP contribution in [0.25, 0.3) is 0 Å². The lowest BCUT2D eigenvalue weighted by molar-refractivity contribution is -0.682. The highest BCUT2D eigenvalue weighted by Crippen LogP contribution is 2.41. The number of rotatable bonds is 10. The molecule has 9 N–H and O–H groups in total. The van der Waals surface area contributed by atoms with E-state index in [1.807, 2.05) is 0 Å². The summed E-state index contributed by atoms with van der Waals surface area (Å²) in [5, 5.41) is 26.3. The van der Waals surface area contributed by atoms with Crippen LogP contribution >= 0.6 is 34.9 Å². The maximum atomic E-state index is 13.1. The highest BCUT2D eigenvalue weighted by molar-refractivity contribution is 8.01. The molecule has 1 fully saturated rings. The van der Waals surface area contributed by atoms with Crippen molar-refractivity contribution in [3.8, 4) is 0 Å². The van der Waals surface area contributed by atoms with Gasteiger partial charge in [0.2, 0.25) is 11.9 Å². The molecule has 0 bridgehead atoms. The normalized spacial score (nSPS) is 19.7. The Bertz CT molecular complexity index is 1410. The number of thioether (sulfide) groups is 2. The fourth-order valence-electron chi connectivity index (χ4n) is 3.47. The van der Waals surface area contributed by atoms with E-state index in [4.69, 9.17) is 27.3 Å². The molecule has 0 saturated carbocycles. The van der Waals surface area contributed by atoms with Crippen LogP contribution in [0.3, 0.4) is 0 Å². The second-order valence-electron chi connectivity index (χ2n) is 8.05. The molecule has 0 aliphatic carbocycles. The standard InChI is InChI=1S/C20H21N9O7S3/c1-7(17(32)33)36-27-11(9-6-38-19(22)24-9)14(30)26-12-15(31)29-13(18(34)35)8(4-37-16(12)29)5-39-20-25-10(21)2-3-28(20)23/h2-3,6-7,12,16,21H,4-5,23H2,1H3,(H5,22,24,26,30,32,33,34,35)/p+1/b27-11-/t7-,12?,16+/m0/s1. The third-order valence-electron chi connectivity index (χ3n) is 5.39. The average Bonchev–Trinajstić information content (AvgIpc) is 3.32. The summed E-state index contributed by atoms with van der Waals surface area (Å²) in [6, 6.07) is 0.435. The molecule has 0 aromatic carbocycles. The first-order valence-corrected chi connectivity index (χ1v) is 13.8. The number of nitrogens with zero attached hydrogens (tertiary/aromatic N) is 5. The number of carbonyl (C=O) groups is 4. The van der Waals surface area contributed by atoms with Gasteiger partial charge in [0.25, 0.3) is 11.8 Å². The molecule has 0 radical (unpaired) electrons. The number of β-lactam (4-membered cyclic amide) rings is 1. The summed E-state index contributed by atoms with van der Waals surface area (Å²) in [4.78, 5) is 63.4. The van der Waals surface area contributed by atoms with Crippen molar-refractivity contribution in [3.63, 3.8) is 0 Å². The largest absolute Gasteiger partial charge is 0.478 e. The van der Waals surface area contributed by atoms with Gasteiger partial charge < -0.3 is 31.8 Å². The predicted octanol–water partition coefficient (Wildman–Crippen LogP) is -1.57. The fraction of sp³-hybridized carbons (Fsp3) is 0.300. The summed E-state index contributed by atoms with van der Waals surface area (Å²) in [6.07, 6.45) is 0.147. The fourth-order valence-corrected chi connectivity index (χ4v) is 6.41. The summed E-state index contributed by atoms with van der Waals surface area (Å²) >= 11 is 3.44. The molecule has 2 aliphatic rings. The van der Waals surface area contributed by atoms with E-state index in [9.17, 15) is 24.3 Å². The van der Waals surface area contributed by atoms with E-state index in [0.717, 1.165) is 28.0 Å². The first kappa shape index (κ1) is 27.9. The molecule has 39 heavy (non-hydrogen) atoms. The van der Waals surface area contributed by atoms with Crippen LogP contribution in [0.2, 0.25) is 0 Å². The number of carboxylic acids is 2. The monoisotopic (exact) mass is 596 g/mol. The van der Waals surface area contributed by atoms with Crippen LogP contribution in [0.4, 0.5) is 10.9 Å². The SMILES string of the molecule is C[C@H](O/N=C(\C(=O)NC1C(=O)N2C(C(=O)O)=C(CSc3nc(N)cc[n+]3N)CS[C@H]12)c1csc(N)n1)C(=O)O. The molecule has 2 aliphatic heterocycles. The molecule has 2 aromatic rings. The van der Waals surface area contributed by atoms with Gasteiger partial charge in [-0.1, -0.05) is 5.16 Å². The molecule has 4 heterocycles. The van der Waals surface area contributed by atoms with Crippen molar-refractivity contribution in [1.82, 2.24) is 20.2 Å². The Hall–Kier alpha value is -4.10. The number of aliphatic carboxylic acids is 2. The van der Waals surface area contributed by atoms with Crippen molar-refractivity contribution < 1.29 is 38.9 Å². The van der Waals surface area contributed by atoms with Gasteiger partial charge in [-0.25, -0.2) is 14.6 Å². The van der Waals surface area contributed by atoms with Crippen LogP contribution < -0.4 is 27.3 Å². The molecule has 2 amide bonds. The number of fused-ring (bicyclic) bond motifs is 1. The molecule has 19 heteroatoms. The number of oxime groups is 1. The van der Waals surface area contributed by atoms with E-state index in [2.05, 4.69) is 20.4 Å². The lowest BCUT2D eigenvalue weighted by Gasteiger charge is -2.49. The molecule has 3 atom stereocenters. The Kier molecular flexibility index (Phi) is 8.11. The Morgan fingerprint density at radius 2 is 2.10 bits per heavy atom. The summed E-state index contributed by atoms with van der Waals surface area (Å²) in [6.45, 7) is 1.22. The number of nitrogens with one attached hydrogen (secondary N) is 1. The first-order valence-electron chi connectivity index (χ1n) is 10.9. The van der Waals surface area contributed by atoms with Gasteiger partial charge in [0.05, 0.1) is 0 Å². The summed E-state index contributed by atoms with van der Waals surface area (Å²) < 4.78 is 1.25. The Morgan fingerprint density at radius 3 is 2.74 bits per heavy atom. The molecule has 1 unspecified atom stereocenters. The van der Waals surface area contributed by atoms with E-state index in [-0.39, 0.29) is 39.6 Å². The number of anilines is 2. The number of carbonyl (C=O) groups excluding carboxylic acids is 2. The number of hydrogen-bond acceptors (Lipinski definition) is 14. The van der Waals surface area contributed by atoms with Crippen LogP contribution in [0, 0.1) is 0 Å². The van der Waals surface area contributed by atoms with Crippen LogP contribution in [-0.4, -0.2) is 83.6 Å².